The molecule has 12 heteroatoms. The van der Waals surface area contributed by atoms with E-state index in [1.54, 1.807) is 6.20 Å². The molecule has 26 heavy (non-hydrogen) atoms. The topological polar surface area (TPSA) is 124 Å². The van der Waals surface area contributed by atoms with Gasteiger partial charge in [-0.05, 0) is 19.3 Å². The normalized spacial score (nSPS) is 31.1. The summed E-state index contributed by atoms with van der Waals surface area (Å²) < 4.78 is 26.1. The van der Waals surface area contributed by atoms with Crippen molar-refractivity contribution in [2.45, 2.75) is 46.4 Å². The lowest BCUT2D eigenvalue weighted by Crippen LogP contribution is -2.54. The van der Waals surface area contributed by atoms with E-state index in [9.17, 15) is 18.0 Å². The predicted octanol–water partition coefficient (Wildman–Crippen LogP) is -0.937. The van der Waals surface area contributed by atoms with Crippen molar-refractivity contribution in [1.82, 2.24) is 25.0 Å². The van der Waals surface area contributed by atoms with Gasteiger partial charge in [0.15, 0.2) is 7.98 Å². The van der Waals surface area contributed by atoms with Crippen molar-refractivity contribution in [3.8, 4) is 0 Å². The Kier molecular flexibility index (Phi) is 4.34. The van der Waals surface area contributed by atoms with Gasteiger partial charge >= 0.3 is 0 Å². The third kappa shape index (κ3) is 3.15. The molecule has 2 radical (unpaired) electrons. The fourth-order valence-electron chi connectivity index (χ4n) is 3.21. The van der Waals surface area contributed by atoms with Crippen LogP contribution in [0.3, 0.4) is 0 Å². The standard InChI is InChI=1S/C14H17BIN5O4S/c15-21-5-7-4-17-19-11(7)9(6-21)12(22)18-14(3-10(14)16)13(23)20-26(24,25)8-1-2-8/h4,8-10H,1-3,5-6H2,(H,17,19)(H,18,22)(H,20,23)/t9?,10-,14-/m1/s1. The maximum Gasteiger partial charge on any atom is 0.260 e. The Hall–Kier alpha value is -1.15. The van der Waals surface area contributed by atoms with E-state index in [0.29, 0.717) is 31.5 Å². The van der Waals surface area contributed by atoms with Crippen LogP contribution in [0.15, 0.2) is 6.20 Å². The van der Waals surface area contributed by atoms with Crippen LogP contribution >= 0.6 is 22.6 Å². The number of carbonyl (C=O) groups is 2. The summed E-state index contributed by atoms with van der Waals surface area (Å²) in [6.45, 7) is 0.765. The number of aromatic nitrogens is 2. The number of sulfonamides is 1. The van der Waals surface area contributed by atoms with Crippen LogP contribution in [0, 0.1) is 0 Å². The molecule has 2 saturated carbocycles. The minimum Gasteiger partial charge on any atom is -0.349 e. The van der Waals surface area contributed by atoms with E-state index in [4.69, 9.17) is 7.98 Å². The molecule has 0 bridgehead atoms. The summed E-state index contributed by atoms with van der Waals surface area (Å²) >= 11 is 2.05. The number of alkyl halides is 1. The first-order valence-corrected chi connectivity index (χ1v) is 11.1. The average molecular weight is 489 g/mol. The summed E-state index contributed by atoms with van der Waals surface area (Å²) in [6.07, 6.45) is 3.14. The van der Waals surface area contributed by atoms with Crippen molar-refractivity contribution >= 4 is 52.4 Å². The van der Waals surface area contributed by atoms with Gasteiger partial charge in [0.2, 0.25) is 15.9 Å². The van der Waals surface area contributed by atoms with Crippen LogP contribution in [0.4, 0.5) is 0 Å². The lowest BCUT2D eigenvalue weighted by molar-refractivity contribution is -0.130. The number of hydrogen-bond acceptors (Lipinski definition) is 6. The molecule has 0 saturated heterocycles. The lowest BCUT2D eigenvalue weighted by Gasteiger charge is -2.30. The second kappa shape index (κ2) is 6.19. The van der Waals surface area contributed by atoms with Gasteiger partial charge in [-0.3, -0.25) is 19.4 Å². The summed E-state index contributed by atoms with van der Waals surface area (Å²) in [5.41, 5.74) is 0.308. The Morgan fingerprint density at radius 3 is 2.73 bits per heavy atom. The third-order valence-corrected chi connectivity index (χ3v) is 8.35. The predicted molar refractivity (Wildman–Crippen MR) is 101 cm³/mol. The van der Waals surface area contributed by atoms with Crippen LogP contribution in [-0.4, -0.2) is 64.5 Å². The highest BCUT2D eigenvalue weighted by Gasteiger charge is 2.61. The number of rotatable bonds is 5. The molecule has 2 aliphatic carbocycles. The van der Waals surface area contributed by atoms with E-state index in [2.05, 4.69) is 42.8 Å². The van der Waals surface area contributed by atoms with E-state index in [1.165, 1.54) is 4.81 Å². The molecule has 0 spiro atoms. The van der Waals surface area contributed by atoms with Crippen molar-refractivity contribution in [3.63, 3.8) is 0 Å². The zero-order valence-electron chi connectivity index (χ0n) is 13.7. The number of carbonyl (C=O) groups excluding carboxylic acids is 2. The second-order valence-electron chi connectivity index (χ2n) is 7.10. The molecule has 1 aromatic rings. The summed E-state index contributed by atoms with van der Waals surface area (Å²) in [6, 6.07) is 0. The summed E-state index contributed by atoms with van der Waals surface area (Å²) in [7, 11) is 2.22. The summed E-state index contributed by atoms with van der Waals surface area (Å²) in [5, 5.41) is 9.06. The fraction of sp³-hybridized carbons (Fsp3) is 0.643. The van der Waals surface area contributed by atoms with Crippen molar-refractivity contribution in [2.24, 2.45) is 0 Å². The van der Waals surface area contributed by atoms with Gasteiger partial charge in [0.05, 0.1) is 23.1 Å². The first kappa shape index (κ1) is 18.2. The SMILES string of the molecule is [B]N1Cc2cn[nH]c2C(C(=O)N[C@]2(C(=O)NS(=O)(=O)C3CC3)C[C@H]2I)C1. The molecule has 2 fully saturated rings. The number of nitrogens with zero attached hydrogens (tertiary/aromatic N) is 2. The highest BCUT2D eigenvalue weighted by atomic mass is 127. The Morgan fingerprint density at radius 2 is 2.12 bits per heavy atom. The van der Waals surface area contributed by atoms with Gasteiger partial charge in [0.25, 0.3) is 5.91 Å². The number of hydrogen-bond donors (Lipinski definition) is 3. The average Bonchev–Trinajstić information content (AvgIpc) is 3.45. The molecule has 4 rings (SSSR count). The Morgan fingerprint density at radius 1 is 1.42 bits per heavy atom. The minimum absolute atomic E-state index is 0.169. The number of fused-ring (bicyclic) bond motifs is 1. The Labute approximate surface area is 165 Å². The van der Waals surface area contributed by atoms with Crippen molar-refractivity contribution < 1.29 is 18.0 Å². The fourth-order valence-corrected chi connectivity index (χ4v) is 5.70. The van der Waals surface area contributed by atoms with E-state index in [-0.39, 0.29) is 16.4 Å². The molecule has 2 amide bonds. The van der Waals surface area contributed by atoms with Crippen LogP contribution in [0.25, 0.3) is 0 Å². The highest BCUT2D eigenvalue weighted by Crippen LogP contribution is 2.44. The maximum absolute atomic E-state index is 12.8. The van der Waals surface area contributed by atoms with Gasteiger partial charge in [-0.15, -0.1) is 0 Å². The van der Waals surface area contributed by atoms with Crippen LogP contribution in [0.5, 0.6) is 0 Å². The molecule has 2 heterocycles. The molecule has 3 N–H and O–H groups in total. The van der Waals surface area contributed by atoms with Gasteiger partial charge < -0.3 is 10.1 Å². The highest BCUT2D eigenvalue weighted by molar-refractivity contribution is 14.1. The van der Waals surface area contributed by atoms with Gasteiger partial charge in [-0.1, -0.05) is 22.6 Å². The Balaban J connectivity index is 1.50. The van der Waals surface area contributed by atoms with Gasteiger partial charge in [0.1, 0.15) is 5.54 Å². The molecular weight excluding hydrogens is 472 g/mol. The van der Waals surface area contributed by atoms with Gasteiger partial charge in [-0.25, -0.2) is 8.42 Å². The van der Waals surface area contributed by atoms with Gasteiger partial charge in [0, 0.05) is 22.6 Å². The van der Waals surface area contributed by atoms with Gasteiger partial charge in [-0.2, -0.15) is 5.10 Å². The third-order valence-electron chi connectivity index (χ3n) is 5.03. The van der Waals surface area contributed by atoms with Crippen LogP contribution in [-0.2, 0) is 26.2 Å². The molecule has 0 aromatic carbocycles. The van der Waals surface area contributed by atoms with Crippen LogP contribution in [0.2, 0.25) is 0 Å². The summed E-state index contributed by atoms with van der Waals surface area (Å²) in [4.78, 5) is 27.0. The van der Waals surface area contributed by atoms with E-state index >= 15 is 0 Å². The number of H-pyrrole nitrogens is 1. The smallest absolute Gasteiger partial charge is 0.260 e. The largest absolute Gasteiger partial charge is 0.349 e. The zero-order chi connectivity index (χ0) is 18.7. The summed E-state index contributed by atoms with van der Waals surface area (Å²) in [5.74, 6) is -1.63. The second-order valence-corrected chi connectivity index (χ2v) is 10.6. The number of aromatic amines is 1. The Bertz CT molecular complexity index is 872. The van der Waals surface area contributed by atoms with Crippen molar-refractivity contribution in [2.75, 3.05) is 6.54 Å². The molecule has 3 atom stereocenters. The lowest BCUT2D eigenvalue weighted by atomic mass is 9.93. The quantitative estimate of drug-likeness (QED) is 0.279. The minimum atomic E-state index is -3.66. The molecule has 3 aliphatic rings. The maximum atomic E-state index is 12.8. The molecule has 138 valence electrons. The van der Waals surface area contributed by atoms with E-state index < -0.39 is 32.6 Å². The number of nitrogens with one attached hydrogen (secondary N) is 3. The molecule has 1 aromatic heterocycles. The van der Waals surface area contributed by atoms with Crippen molar-refractivity contribution in [3.05, 3.63) is 17.5 Å². The van der Waals surface area contributed by atoms with Crippen molar-refractivity contribution in [1.29, 1.82) is 0 Å². The monoisotopic (exact) mass is 489 g/mol. The molecule has 1 aliphatic heterocycles. The molecular formula is C14H17BIN5O4S. The number of halogens is 1. The number of amides is 2. The van der Waals surface area contributed by atoms with Crippen LogP contribution < -0.4 is 10.0 Å². The first-order chi connectivity index (χ1) is 12.2. The van der Waals surface area contributed by atoms with Crippen LogP contribution in [0.1, 0.15) is 36.4 Å². The molecule has 1 unspecified atom stereocenters. The van der Waals surface area contributed by atoms with E-state index in [1.807, 2.05) is 0 Å². The zero-order valence-corrected chi connectivity index (χ0v) is 16.7. The van der Waals surface area contributed by atoms with E-state index in [0.717, 1.165) is 5.56 Å². The molecule has 9 nitrogen and oxygen atoms in total. The first-order valence-electron chi connectivity index (χ1n) is 8.27.